The molecule has 1 aromatic carbocycles. The summed E-state index contributed by atoms with van der Waals surface area (Å²) in [5, 5.41) is 3.64. The van der Waals surface area contributed by atoms with E-state index in [4.69, 9.17) is 9.47 Å². The van der Waals surface area contributed by atoms with E-state index in [1.807, 2.05) is 0 Å². The Balaban J connectivity index is 3.11. The van der Waals surface area contributed by atoms with E-state index in [1.54, 1.807) is 7.11 Å². The zero-order chi connectivity index (χ0) is 15.7. The minimum Gasteiger partial charge on any atom is -0.359 e. The molecule has 0 aliphatic heterocycles. The molecule has 0 fully saturated rings. The Morgan fingerprint density at radius 3 is 2.52 bits per heavy atom. The fourth-order valence-corrected chi connectivity index (χ4v) is 3.34. The van der Waals surface area contributed by atoms with E-state index in [1.165, 1.54) is 22.0 Å². The lowest BCUT2D eigenvalue weighted by molar-refractivity contribution is -0.160. The predicted molar refractivity (Wildman–Crippen MR) is 96.2 cm³/mol. The van der Waals surface area contributed by atoms with E-state index in [0.29, 0.717) is 6.04 Å². The van der Waals surface area contributed by atoms with Gasteiger partial charge in [-0.2, -0.15) is 0 Å². The van der Waals surface area contributed by atoms with Gasteiger partial charge >= 0.3 is 0 Å². The average molecular weight is 405 g/mol. The van der Waals surface area contributed by atoms with Crippen LogP contribution >= 0.6 is 22.6 Å². The monoisotopic (exact) mass is 405 g/mol. The first-order chi connectivity index (χ1) is 10.1. The quantitative estimate of drug-likeness (QED) is 0.350. The molecule has 0 radical (unpaired) electrons. The van der Waals surface area contributed by atoms with Gasteiger partial charge in [-0.15, -0.1) is 0 Å². The van der Waals surface area contributed by atoms with Crippen LogP contribution in [0.15, 0.2) is 24.3 Å². The Kier molecular flexibility index (Phi) is 8.78. The largest absolute Gasteiger partial charge is 0.359 e. The Labute approximate surface area is 142 Å². The van der Waals surface area contributed by atoms with E-state index in [0.717, 1.165) is 12.8 Å². The van der Waals surface area contributed by atoms with Crippen LogP contribution in [0.3, 0.4) is 0 Å². The van der Waals surface area contributed by atoms with Crippen molar-refractivity contribution in [3.8, 4) is 0 Å². The second-order valence-corrected chi connectivity index (χ2v) is 6.78. The Bertz CT molecular complexity index is 412. The number of nitrogens with one attached hydrogen (secondary N) is 1. The molecule has 0 bridgehead atoms. The third-order valence-corrected chi connectivity index (χ3v) is 4.33. The van der Waals surface area contributed by atoms with Crippen molar-refractivity contribution in [3.63, 3.8) is 0 Å². The molecule has 0 saturated heterocycles. The van der Waals surface area contributed by atoms with Gasteiger partial charge in [-0.3, -0.25) is 5.32 Å². The summed E-state index contributed by atoms with van der Waals surface area (Å²) in [7, 11) is 1.67. The van der Waals surface area contributed by atoms with Crippen LogP contribution in [-0.4, -0.2) is 19.9 Å². The number of hydrogen-bond acceptors (Lipinski definition) is 3. The molecule has 3 nitrogen and oxygen atoms in total. The highest BCUT2D eigenvalue weighted by atomic mass is 127. The molecule has 0 saturated carbocycles. The van der Waals surface area contributed by atoms with Crippen LogP contribution in [0.2, 0.25) is 0 Å². The zero-order valence-corrected chi connectivity index (χ0v) is 15.8. The lowest BCUT2D eigenvalue weighted by atomic mass is 9.95. The zero-order valence-electron chi connectivity index (χ0n) is 13.6. The van der Waals surface area contributed by atoms with Crippen molar-refractivity contribution in [1.29, 1.82) is 0 Å². The molecule has 0 heterocycles. The van der Waals surface area contributed by atoms with E-state index < -0.39 is 5.72 Å². The summed E-state index contributed by atoms with van der Waals surface area (Å²) in [6.07, 6.45) is 4.49. The molecule has 1 N–H and O–H groups in total. The standard InChI is InChI=1S/C17H28INO2/c1-5-6-9-12-17(19-14(2)3,21-13-20-4)15-10-7-8-11-16(15)18/h7-8,10-11,14,19H,5-6,9,12-13H2,1-4H3. The van der Waals surface area contributed by atoms with Crippen LogP contribution in [0.1, 0.15) is 52.0 Å². The maximum absolute atomic E-state index is 6.17. The number of rotatable bonds is 10. The van der Waals surface area contributed by atoms with E-state index in [-0.39, 0.29) is 6.79 Å². The van der Waals surface area contributed by atoms with Crippen LogP contribution in [-0.2, 0) is 15.2 Å². The fraction of sp³-hybridized carbons (Fsp3) is 0.647. The van der Waals surface area contributed by atoms with Gasteiger partial charge in [0.05, 0.1) is 0 Å². The first kappa shape index (κ1) is 18.9. The third-order valence-electron chi connectivity index (χ3n) is 3.39. The minimum atomic E-state index is -0.475. The van der Waals surface area contributed by atoms with Gasteiger partial charge in [-0.1, -0.05) is 38.0 Å². The van der Waals surface area contributed by atoms with Gasteiger partial charge in [-0.05, 0) is 55.3 Å². The number of benzene rings is 1. The Hall–Kier alpha value is -0.170. The molecule has 0 aliphatic rings. The molecule has 0 spiro atoms. The normalized spacial score (nSPS) is 14.4. The molecule has 1 unspecified atom stereocenters. The van der Waals surface area contributed by atoms with Crippen molar-refractivity contribution in [2.75, 3.05) is 13.9 Å². The number of halogens is 1. The van der Waals surface area contributed by atoms with Gasteiger partial charge in [0, 0.05) is 22.3 Å². The molecule has 0 amide bonds. The average Bonchev–Trinajstić information content (AvgIpc) is 2.45. The first-order valence-electron chi connectivity index (χ1n) is 7.71. The van der Waals surface area contributed by atoms with Gasteiger partial charge in [0.1, 0.15) is 12.5 Å². The molecule has 21 heavy (non-hydrogen) atoms. The Morgan fingerprint density at radius 2 is 1.95 bits per heavy atom. The highest BCUT2D eigenvalue weighted by molar-refractivity contribution is 14.1. The van der Waals surface area contributed by atoms with E-state index >= 15 is 0 Å². The van der Waals surface area contributed by atoms with Crippen LogP contribution in [0.4, 0.5) is 0 Å². The van der Waals surface area contributed by atoms with E-state index in [9.17, 15) is 0 Å². The predicted octanol–water partition coefficient (Wildman–Crippen LogP) is 4.64. The smallest absolute Gasteiger partial charge is 0.149 e. The van der Waals surface area contributed by atoms with Crippen LogP contribution in [0.25, 0.3) is 0 Å². The number of hydrogen-bond donors (Lipinski definition) is 1. The molecule has 120 valence electrons. The number of ether oxygens (including phenoxy) is 2. The van der Waals surface area contributed by atoms with Crippen molar-refractivity contribution in [2.24, 2.45) is 0 Å². The second kappa shape index (κ2) is 9.77. The van der Waals surface area contributed by atoms with Crippen molar-refractivity contribution >= 4 is 22.6 Å². The summed E-state index contributed by atoms with van der Waals surface area (Å²) in [6.45, 7) is 6.82. The molecular formula is C17H28INO2. The number of methoxy groups -OCH3 is 1. The second-order valence-electron chi connectivity index (χ2n) is 5.61. The van der Waals surface area contributed by atoms with Crippen molar-refractivity contribution < 1.29 is 9.47 Å². The van der Waals surface area contributed by atoms with Crippen molar-refractivity contribution in [3.05, 3.63) is 33.4 Å². The molecule has 1 rings (SSSR count). The van der Waals surface area contributed by atoms with Gasteiger partial charge < -0.3 is 9.47 Å². The maximum atomic E-state index is 6.17. The summed E-state index contributed by atoms with van der Waals surface area (Å²) in [4.78, 5) is 0. The molecule has 1 aromatic rings. The lowest BCUT2D eigenvalue weighted by Gasteiger charge is -2.37. The van der Waals surface area contributed by atoms with Gasteiger partial charge in [-0.25, -0.2) is 0 Å². The number of unbranched alkanes of at least 4 members (excludes halogenated alkanes) is 2. The van der Waals surface area contributed by atoms with Gasteiger partial charge in [0.25, 0.3) is 0 Å². The summed E-state index contributed by atoms with van der Waals surface area (Å²) < 4.78 is 12.6. The fourth-order valence-electron chi connectivity index (χ4n) is 2.51. The van der Waals surface area contributed by atoms with E-state index in [2.05, 4.69) is 72.9 Å². The topological polar surface area (TPSA) is 30.5 Å². The van der Waals surface area contributed by atoms with Crippen LogP contribution < -0.4 is 5.32 Å². The highest BCUT2D eigenvalue weighted by Crippen LogP contribution is 2.33. The SMILES string of the molecule is CCCCCC(NC(C)C)(OCOC)c1ccccc1I. The summed E-state index contributed by atoms with van der Waals surface area (Å²) in [5.74, 6) is 0. The Morgan fingerprint density at radius 1 is 1.24 bits per heavy atom. The molecule has 0 aromatic heterocycles. The van der Waals surface area contributed by atoms with Crippen molar-refractivity contribution in [2.45, 2.75) is 58.2 Å². The molecular weight excluding hydrogens is 377 g/mol. The first-order valence-corrected chi connectivity index (χ1v) is 8.79. The highest BCUT2D eigenvalue weighted by Gasteiger charge is 2.34. The summed E-state index contributed by atoms with van der Waals surface area (Å²) in [5.41, 5.74) is 0.726. The molecule has 0 aliphatic carbocycles. The van der Waals surface area contributed by atoms with Gasteiger partial charge in [0.2, 0.25) is 0 Å². The minimum absolute atomic E-state index is 0.289. The van der Waals surface area contributed by atoms with Crippen LogP contribution in [0.5, 0.6) is 0 Å². The summed E-state index contributed by atoms with van der Waals surface area (Å²) in [6, 6.07) is 8.75. The van der Waals surface area contributed by atoms with Gasteiger partial charge in [0.15, 0.2) is 0 Å². The molecule has 4 heteroatoms. The third kappa shape index (κ3) is 5.85. The van der Waals surface area contributed by atoms with Crippen LogP contribution in [0, 0.1) is 3.57 Å². The van der Waals surface area contributed by atoms with Crippen molar-refractivity contribution in [1.82, 2.24) is 5.32 Å². The summed E-state index contributed by atoms with van der Waals surface area (Å²) >= 11 is 2.38. The molecule has 1 atom stereocenters. The lowest BCUT2D eigenvalue weighted by Crippen LogP contribution is -2.49. The maximum Gasteiger partial charge on any atom is 0.149 e.